The smallest absolute Gasteiger partial charge is 0.324 e. The van der Waals surface area contributed by atoms with Crippen molar-refractivity contribution in [3.05, 3.63) is 40.9 Å². The Labute approximate surface area is 158 Å². The monoisotopic (exact) mass is 371 g/mol. The largest absolute Gasteiger partial charge is 0.497 e. The molecule has 1 N–H and O–H groups in total. The summed E-state index contributed by atoms with van der Waals surface area (Å²) in [4.78, 5) is 19.3. The maximum Gasteiger partial charge on any atom is 0.324 e. The number of carbonyl (C=O) groups excluding carboxylic acids is 1. The number of benzene rings is 1. The summed E-state index contributed by atoms with van der Waals surface area (Å²) in [5.74, 6) is 1.43. The van der Waals surface area contributed by atoms with Crippen molar-refractivity contribution < 1.29 is 9.53 Å². The third kappa shape index (κ3) is 3.56. The quantitative estimate of drug-likeness (QED) is 0.851. The van der Waals surface area contributed by atoms with E-state index in [4.69, 9.17) is 4.74 Å². The molecule has 6 heteroatoms. The molecule has 1 aromatic heterocycles. The number of fused-ring (bicyclic) bond motifs is 1. The lowest BCUT2D eigenvalue weighted by Gasteiger charge is -2.42. The van der Waals surface area contributed by atoms with Crippen molar-refractivity contribution in [2.45, 2.75) is 51.1 Å². The van der Waals surface area contributed by atoms with Gasteiger partial charge < -0.3 is 9.64 Å². The summed E-state index contributed by atoms with van der Waals surface area (Å²) in [7, 11) is 1.68. The van der Waals surface area contributed by atoms with Crippen LogP contribution in [0.3, 0.4) is 0 Å². The Bertz CT molecular complexity index is 756. The van der Waals surface area contributed by atoms with Gasteiger partial charge in [0, 0.05) is 24.2 Å². The minimum absolute atomic E-state index is 0.0380. The molecule has 4 rings (SSSR count). The van der Waals surface area contributed by atoms with Crippen molar-refractivity contribution >= 4 is 22.5 Å². The second kappa shape index (κ2) is 7.66. The zero-order chi connectivity index (χ0) is 17.9. The van der Waals surface area contributed by atoms with Gasteiger partial charge in [-0.1, -0.05) is 25.3 Å². The molecule has 2 heterocycles. The molecule has 1 atom stereocenters. The summed E-state index contributed by atoms with van der Waals surface area (Å²) in [5.41, 5.74) is 2.53. The SMILES string of the molecule is COc1ccc2c(c1)CN(C(=O)Nc1nccs1)[C@H](C1CCCCC1)C2. The number of thiazole rings is 1. The van der Waals surface area contributed by atoms with Gasteiger partial charge in [0.25, 0.3) is 0 Å². The summed E-state index contributed by atoms with van der Waals surface area (Å²) in [6.07, 6.45) is 8.96. The number of hydrogen-bond acceptors (Lipinski definition) is 4. The number of nitrogens with one attached hydrogen (secondary N) is 1. The standard InChI is InChI=1S/C20H25N3O2S/c1-25-17-8-7-15-12-18(14-5-3-2-4-6-14)23(13-16(15)11-17)20(24)22-19-21-9-10-26-19/h7-11,14,18H,2-6,12-13H2,1H3,(H,21,22,24)/t18-/m0/s1. The number of urea groups is 1. The molecule has 5 nitrogen and oxygen atoms in total. The fourth-order valence-electron chi connectivity index (χ4n) is 4.32. The second-order valence-electron chi connectivity index (χ2n) is 7.20. The Morgan fingerprint density at radius 3 is 2.85 bits per heavy atom. The van der Waals surface area contributed by atoms with E-state index < -0.39 is 0 Å². The minimum Gasteiger partial charge on any atom is -0.497 e. The fourth-order valence-corrected chi connectivity index (χ4v) is 4.84. The molecule has 2 aromatic rings. The Hall–Kier alpha value is -2.08. The number of ether oxygens (including phenoxy) is 1. The van der Waals surface area contributed by atoms with Crippen LogP contribution in [0.4, 0.5) is 9.93 Å². The Kier molecular flexibility index (Phi) is 5.11. The van der Waals surface area contributed by atoms with Crippen LogP contribution in [0.2, 0.25) is 0 Å². The van der Waals surface area contributed by atoms with E-state index in [0.29, 0.717) is 17.6 Å². The predicted octanol–water partition coefficient (Wildman–Crippen LogP) is 4.69. The molecule has 0 saturated heterocycles. The molecule has 1 saturated carbocycles. The Morgan fingerprint density at radius 2 is 2.12 bits per heavy atom. The van der Waals surface area contributed by atoms with Crippen LogP contribution in [0, 0.1) is 5.92 Å². The van der Waals surface area contributed by atoms with Crippen LogP contribution in [0.15, 0.2) is 29.8 Å². The molecule has 0 spiro atoms. The maximum atomic E-state index is 13.0. The summed E-state index contributed by atoms with van der Waals surface area (Å²) < 4.78 is 5.38. The number of anilines is 1. The first kappa shape index (κ1) is 17.3. The van der Waals surface area contributed by atoms with E-state index in [9.17, 15) is 4.79 Å². The fraction of sp³-hybridized carbons (Fsp3) is 0.500. The molecule has 2 aliphatic rings. The molecule has 0 unspecified atom stereocenters. The van der Waals surface area contributed by atoms with E-state index >= 15 is 0 Å². The number of rotatable bonds is 3. The van der Waals surface area contributed by atoms with Gasteiger partial charge in [-0.15, -0.1) is 11.3 Å². The van der Waals surface area contributed by atoms with Gasteiger partial charge in [0.1, 0.15) is 5.75 Å². The van der Waals surface area contributed by atoms with E-state index in [1.54, 1.807) is 13.3 Å². The van der Waals surface area contributed by atoms with Crippen LogP contribution in [0.1, 0.15) is 43.2 Å². The van der Waals surface area contributed by atoms with Crippen molar-refractivity contribution in [3.8, 4) is 5.75 Å². The molecular formula is C20H25N3O2S. The molecule has 1 aliphatic carbocycles. The van der Waals surface area contributed by atoms with Gasteiger partial charge in [0.05, 0.1) is 7.11 Å². The summed E-state index contributed by atoms with van der Waals surface area (Å²) in [5, 5.41) is 5.52. The molecule has 0 bridgehead atoms. The summed E-state index contributed by atoms with van der Waals surface area (Å²) in [6.45, 7) is 0.630. The first-order valence-electron chi connectivity index (χ1n) is 9.37. The second-order valence-corrected chi connectivity index (χ2v) is 8.09. The molecule has 0 radical (unpaired) electrons. The van der Waals surface area contributed by atoms with E-state index in [2.05, 4.69) is 22.4 Å². The van der Waals surface area contributed by atoms with E-state index in [1.165, 1.54) is 54.6 Å². The molecular weight excluding hydrogens is 346 g/mol. The highest BCUT2D eigenvalue weighted by Crippen LogP contribution is 2.36. The van der Waals surface area contributed by atoms with Crippen LogP contribution in [-0.2, 0) is 13.0 Å². The molecule has 1 aliphatic heterocycles. The van der Waals surface area contributed by atoms with Crippen molar-refractivity contribution in [3.63, 3.8) is 0 Å². The van der Waals surface area contributed by atoms with Crippen molar-refractivity contribution in [2.75, 3.05) is 12.4 Å². The Balaban J connectivity index is 1.61. The third-order valence-corrected chi connectivity index (χ3v) is 6.37. The van der Waals surface area contributed by atoms with Crippen LogP contribution >= 0.6 is 11.3 Å². The van der Waals surface area contributed by atoms with Crippen LogP contribution < -0.4 is 10.1 Å². The highest BCUT2D eigenvalue weighted by Gasteiger charge is 2.36. The lowest BCUT2D eigenvalue weighted by molar-refractivity contribution is 0.125. The topological polar surface area (TPSA) is 54.5 Å². The highest BCUT2D eigenvalue weighted by atomic mass is 32.1. The number of carbonyl (C=O) groups is 1. The zero-order valence-corrected chi connectivity index (χ0v) is 15.9. The average Bonchev–Trinajstić information content (AvgIpc) is 3.20. The van der Waals surface area contributed by atoms with E-state index in [-0.39, 0.29) is 12.1 Å². The van der Waals surface area contributed by atoms with Gasteiger partial charge >= 0.3 is 6.03 Å². The van der Waals surface area contributed by atoms with Gasteiger partial charge in [-0.2, -0.15) is 0 Å². The van der Waals surface area contributed by atoms with Gasteiger partial charge in [-0.05, 0) is 48.4 Å². The first-order chi connectivity index (χ1) is 12.7. The third-order valence-electron chi connectivity index (χ3n) is 5.68. The molecule has 2 amide bonds. The number of aromatic nitrogens is 1. The lowest BCUT2D eigenvalue weighted by Crippen LogP contribution is -2.50. The van der Waals surface area contributed by atoms with Gasteiger partial charge in [-0.3, -0.25) is 5.32 Å². The summed E-state index contributed by atoms with van der Waals surface area (Å²) in [6, 6.07) is 6.48. The van der Waals surface area contributed by atoms with E-state index in [1.807, 2.05) is 16.3 Å². The summed E-state index contributed by atoms with van der Waals surface area (Å²) >= 11 is 1.45. The average molecular weight is 372 g/mol. The number of nitrogens with zero attached hydrogens (tertiary/aromatic N) is 2. The van der Waals surface area contributed by atoms with Crippen molar-refractivity contribution in [1.29, 1.82) is 0 Å². The first-order valence-corrected chi connectivity index (χ1v) is 10.3. The van der Waals surface area contributed by atoms with Crippen LogP contribution in [0.5, 0.6) is 5.75 Å². The zero-order valence-electron chi connectivity index (χ0n) is 15.1. The molecule has 138 valence electrons. The number of methoxy groups -OCH3 is 1. The van der Waals surface area contributed by atoms with Crippen molar-refractivity contribution in [2.24, 2.45) is 5.92 Å². The van der Waals surface area contributed by atoms with Crippen LogP contribution in [-0.4, -0.2) is 29.1 Å². The highest BCUT2D eigenvalue weighted by molar-refractivity contribution is 7.13. The Morgan fingerprint density at radius 1 is 1.27 bits per heavy atom. The van der Waals surface area contributed by atoms with Crippen LogP contribution in [0.25, 0.3) is 0 Å². The maximum absolute atomic E-state index is 13.0. The number of hydrogen-bond donors (Lipinski definition) is 1. The molecule has 26 heavy (non-hydrogen) atoms. The van der Waals surface area contributed by atoms with Gasteiger partial charge in [0.2, 0.25) is 0 Å². The number of amides is 2. The van der Waals surface area contributed by atoms with Gasteiger partial charge in [0.15, 0.2) is 5.13 Å². The van der Waals surface area contributed by atoms with Crippen molar-refractivity contribution in [1.82, 2.24) is 9.88 Å². The normalized spacial score (nSPS) is 20.5. The molecule has 1 aromatic carbocycles. The van der Waals surface area contributed by atoms with Gasteiger partial charge in [-0.25, -0.2) is 9.78 Å². The predicted molar refractivity (Wildman–Crippen MR) is 104 cm³/mol. The minimum atomic E-state index is -0.0380. The lowest BCUT2D eigenvalue weighted by atomic mass is 9.78. The molecule has 1 fully saturated rings. The van der Waals surface area contributed by atoms with E-state index in [0.717, 1.165) is 12.2 Å².